The van der Waals surface area contributed by atoms with Gasteiger partial charge >= 0.3 is 0 Å². The van der Waals surface area contributed by atoms with E-state index in [4.69, 9.17) is 11.6 Å². The Morgan fingerprint density at radius 3 is 2.87 bits per heavy atom. The zero-order valence-corrected chi connectivity index (χ0v) is 10.6. The molecule has 1 saturated carbocycles. The van der Waals surface area contributed by atoms with Gasteiger partial charge < -0.3 is 5.32 Å². The molecule has 0 aromatic carbocycles. The van der Waals surface area contributed by atoms with Crippen molar-refractivity contribution in [2.45, 2.75) is 38.0 Å². The lowest BCUT2D eigenvalue weighted by molar-refractivity contribution is 0.616. The molecule has 0 amide bonds. The first-order valence-electron chi connectivity index (χ1n) is 5.38. The van der Waals surface area contributed by atoms with E-state index in [0.717, 1.165) is 17.5 Å². The molecule has 1 aromatic heterocycles. The zero-order valence-electron chi connectivity index (χ0n) is 9.03. The van der Waals surface area contributed by atoms with Crippen molar-refractivity contribution in [2.75, 3.05) is 11.9 Å². The fourth-order valence-corrected chi connectivity index (χ4v) is 1.96. The number of nitrogens with one attached hydrogen (secondary N) is 1. The lowest BCUT2D eigenvalue weighted by Crippen LogP contribution is -2.19. The highest BCUT2D eigenvalue weighted by Gasteiger charge is 2.27. The number of hydrogen-bond donors (Lipinski definition) is 1. The van der Waals surface area contributed by atoms with E-state index in [2.05, 4.69) is 28.5 Å². The van der Waals surface area contributed by atoms with Gasteiger partial charge in [-0.1, -0.05) is 13.8 Å². The predicted molar refractivity (Wildman–Crippen MR) is 64.9 cm³/mol. The van der Waals surface area contributed by atoms with Crippen LogP contribution in [0.5, 0.6) is 0 Å². The molecule has 0 saturated heterocycles. The van der Waals surface area contributed by atoms with Gasteiger partial charge in [-0.15, -0.1) is 11.6 Å². The smallest absolute Gasteiger partial charge is 0.202 e. The monoisotopic (exact) mass is 245 g/mol. The van der Waals surface area contributed by atoms with Crippen LogP contribution in [0.3, 0.4) is 0 Å². The third-order valence-corrected chi connectivity index (χ3v) is 3.90. The third kappa shape index (κ3) is 3.05. The lowest BCUT2D eigenvalue weighted by Gasteiger charge is -2.12. The van der Waals surface area contributed by atoms with Gasteiger partial charge in [-0.2, -0.15) is 4.37 Å². The van der Waals surface area contributed by atoms with Crippen LogP contribution in [0.1, 0.15) is 38.4 Å². The van der Waals surface area contributed by atoms with Gasteiger partial charge in [0.25, 0.3) is 0 Å². The third-order valence-electron chi connectivity index (χ3n) is 2.56. The van der Waals surface area contributed by atoms with Gasteiger partial charge in [0.05, 0.1) is 5.38 Å². The van der Waals surface area contributed by atoms with Gasteiger partial charge in [0.1, 0.15) is 5.82 Å². The number of rotatable bonds is 5. The zero-order chi connectivity index (χ0) is 10.8. The summed E-state index contributed by atoms with van der Waals surface area (Å²) in [5.74, 6) is 2.13. The van der Waals surface area contributed by atoms with Crippen LogP contribution in [0.2, 0.25) is 0 Å². The van der Waals surface area contributed by atoms with Gasteiger partial charge in [0.2, 0.25) is 5.13 Å². The molecule has 1 N–H and O–H groups in total. The summed E-state index contributed by atoms with van der Waals surface area (Å²) in [5.41, 5.74) is 0. The minimum atomic E-state index is 0.151. The Morgan fingerprint density at radius 2 is 2.27 bits per heavy atom. The molecule has 1 fully saturated rings. The summed E-state index contributed by atoms with van der Waals surface area (Å²) in [5, 5.41) is 4.30. The summed E-state index contributed by atoms with van der Waals surface area (Å²) in [6.45, 7) is 5.00. The van der Waals surface area contributed by atoms with Gasteiger partial charge in [-0.05, 0) is 18.8 Å². The maximum Gasteiger partial charge on any atom is 0.202 e. The minimum absolute atomic E-state index is 0.151. The molecule has 84 valence electrons. The lowest BCUT2D eigenvalue weighted by atomic mass is 10.1. The van der Waals surface area contributed by atoms with E-state index < -0.39 is 0 Å². The molecule has 1 heterocycles. The summed E-state index contributed by atoms with van der Waals surface area (Å²) < 4.78 is 4.33. The quantitative estimate of drug-likeness (QED) is 0.811. The van der Waals surface area contributed by atoms with Crippen LogP contribution >= 0.6 is 23.1 Å². The molecule has 0 radical (unpaired) electrons. The molecule has 0 bridgehead atoms. The second kappa shape index (κ2) is 4.66. The van der Waals surface area contributed by atoms with E-state index in [-0.39, 0.29) is 5.38 Å². The fraction of sp³-hybridized carbons (Fsp3) is 0.800. The Labute approximate surface area is 99.4 Å². The highest BCUT2D eigenvalue weighted by Crippen LogP contribution is 2.39. The summed E-state index contributed by atoms with van der Waals surface area (Å²) >= 11 is 7.58. The molecule has 1 aliphatic rings. The van der Waals surface area contributed by atoms with E-state index in [1.807, 2.05) is 0 Å². The average molecular weight is 246 g/mol. The maximum absolute atomic E-state index is 6.14. The molecular formula is C10H16ClN3S. The number of hydrogen-bond acceptors (Lipinski definition) is 4. The normalized spacial score (nSPS) is 18.1. The standard InChI is InChI=1S/C10H16ClN3S/c1-6(2)8(11)5-12-10-13-9(14-15-10)7-3-4-7/h6-8H,3-5H2,1-2H3,(H,12,13,14). The molecule has 1 aliphatic carbocycles. The summed E-state index contributed by atoms with van der Waals surface area (Å²) in [4.78, 5) is 4.44. The van der Waals surface area contributed by atoms with E-state index in [9.17, 15) is 0 Å². The Bertz CT molecular complexity index is 322. The van der Waals surface area contributed by atoms with Crippen molar-refractivity contribution in [3.8, 4) is 0 Å². The Kier molecular flexibility index (Phi) is 3.46. The summed E-state index contributed by atoms with van der Waals surface area (Å²) in [6, 6.07) is 0. The topological polar surface area (TPSA) is 37.8 Å². The van der Waals surface area contributed by atoms with E-state index in [1.165, 1.54) is 24.4 Å². The second-order valence-electron chi connectivity index (χ2n) is 4.37. The van der Waals surface area contributed by atoms with Crippen molar-refractivity contribution >= 4 is 28.3 Å². The van der Waals surface area contributed by atoms with E-state index >= 15 is 0 Å². The molecule has 0 aliphatic heterocycles. The molecule has 15 heavy (non-hydrogen) atoms. The highest BCUT2D eigenvalue weighted by atomic mass is 35.5. The number of halogens is 1. The van der Waals surface area contributed by atoms with Gasteiger partial charge in [-0.3, -0.25) is 0 Å². The first kappa shape index (κ1) is 11.1. The first-order valence-corrected chi connectivity index (χ1v) is 6.59. The Morgan fingerprint density at radius 1 is 1.53 bits per heavy atom. The van der Waals surface area contributed by atoms with Crippen molar-refractivity contribution in [1.82, 2.24) is 9.36 Å². The van der Waals surface area contributed by atoms with Crippen LogP contribution in [0.25, 0.3) is 0 Å². The molecule has 1 atom stereocenters. The summed E-state index contributed by atoms with van der Waals surface area (Å²) in [7, 11) is 0. The van der Waals surface area contributed by atoms with Gasteiger partial charge in [0.15, 0.2) is 0 Å². The molecule has 1 unspecified atom stereocenters. The SMILES string of the molecule is CC(C)C(Cl)CNc1nc(C2CC2)ns1. The number of anilines is 1. The number of nitrogens with zero attached hydrogens (tertiary/aromatic N) is 2. The Hall–Kier alpha value is -0.350. The number of aromatic nitrogens is 2. The van der Waals surface area contributed by atoms with Crippen LogP contribution in [-0.2, 0) is 0 Å². The van der Waals surface area contributed by atoms with Crippen molar-refractivity contribution in [2.24, 2.45) is 5.92 Å². The molecular weight excluding hydrogens is 230 g/mol. The molecule has 5 heteroatoms. The van der Waals surface area contributed by atoms with Crippen molar-refractivity contribution < 1.29 is 0 Å². The maximum atomic E-state index is 6.14. The van der Waals surface area contributed by atoms with Crippen LogP contribution < -0.4 is 5.32 Å². The van der Waals surface area contributed by atoms with E-state index in [1.54, 1.807) is 0 Å². The van der Waals surface area contributed by atoms with Crippen LogP contribution in [0.4, 0.5) is 5.13 Å². The van der Waals surface area contributed by atoms with Gasteiger partial charge in [-0.25, -0.2) is 4.98 Å². The fourth-order valence-electron chi connectivity index (χ4n) is 1.23. The highest BCUT2D eigenvalue weighted by molar-refractivity contribution is 7.09. The molecule has 3 nitrogen and oxygen atoms in total. The van der Waals surface area contributed by atoms with Gasteiger partial charge in [0, 0.05) is 24.0 Å². The predicted octanol–water partition coefficient (Wildman–Crippen LogP) is 3.09. The van der Waals surface area contributed by atoms with E-state index in [0.29, 0.717) is 11.8 Å². The van der Waals surface area contributed by atoms with Crippen molar-refractivity contribution in [3.63, 3.8) is 0 Å². The first-order chi connectivity index (χ1) is 7.16. The van der Waals surface area contributed by atoms with Crippen molar-refractivity contribution in [3.05, 3.63) is 5.82 Å². The van der Waals surface area contributed by atoms with Crippen molar-refractivity contribution in [1.29, 1.82) is 0 Å². The van der Waals surface area contributed by atoms with Crippen LogP contribution in [0.15, 0.2) is 0 Å². The molecule has 0 spiro atoms. The molecule has 2 rings (SSSR count). The second-order valence-corrected chi connectivity index (χ2v) is 5.69. The Balaban J connectivity index is 1.82. The van der Waals surface area contributed by atoms with Crippen LogP contribution in [-0.4, -0.2) is 21.3 Å². The van der Waals surface area contributed by atoms with Crippen LogP contribution in [0, 0.1) is 5.92 Å². The summed E-state index contributed by atoms with van der Waals surface area (Å²) in [6.07, 6.45) is 2.50. The number of alkyl halides is 1. The largest absolute Gasteiger partial charge is 0.359 e. The minimum Gasteiger partial charge on any atom is -0.359 e. The molecule has 1 aromatic rings. The average Bonchev–Trinajstić information content (AvgIpc) is 2.95.